The number of aliphatic hydroxyl groups is 1. The number of unbranched alkanes of at least 4 members (excludes halogenated alkanes) is 51. The van der Waals surface area contributed by atoms with E-state index in [9.17, 15) is 43.2 Å². The zero-order valence-electron chi connectivity index (χ0n) is 68.5. The number of phosphoric acid groups is 2. The lowest BCUT2D eigenvalue weighted by atomic mass is 10.0. The lowest BCUT2D eigenvalue weighted by molar-refractivity contribution is -0.161. The van der Waals surface area contributed by atoms with E-state index in [1.54, 1.807) is 0 Å². The first-order valence-electron chi connectivity index (χ1n) is 43.8. The molecule has 0 aromatic heterocycles. The molecule has 0 aromatic carbocycles. The summed E-state index contributed by atoms with van der Waals surface area (Å²) < 4.78 is 68.9. The fourth-order valence-electron chi connectivity index (χ4n) is 13.2. The van der Waals surface area contributed by atoms with E-state index in [1.807, 2.05) is 0 Å². The van der Waals surface area contributed by atoms with Gasteiger partial charge in [0.05, 0.1) is 26.4 Å². The van der Waals surface area contributed by atoms with Gasteiger partial charge in [-0.3, -0.25) is 37.3 Å². The van der Waals surface area contributed by atoms with E-state index in [4.69, 9.17) is 37.0 Å². The molecule has 0 spiro atoms. The summed E-state index contributed by atoms with van der Waals surface area (Å²) in [4.78, 5) is 73.2. The van der Waals surface area contributed by atoms with E-state index in [0.717, 1.165) is 108 Å². The summed E-state index contributed by atoms with van der Waals surface area (Å²) in [6, 6.07) is 0. The Bertz CT molecular complexity index is 2010. The maximum atomic E-state index is 13.1. The fourth-order valence-corrected chi connectivity index (χ4v) is 14.8. The SMILES string of the molecule is CCCCCCCCCCCCCCCC(=O)OC[C@H](COP(=O)(O)OC[C@H](O)COP(=O)(O)OC[C@@H](COC(=O)CCCCCCCCCCCCCCCCCC(C)C)OC(=O)CCCCCCCCCCCCCCCCCC(C)C)OC(=O)CCCCCCCCCCCCCCC(C)C. The van der Waals surface area contributed by atoms with E-state index in [1.165, 1.54) is 257 Å². The summed E-state index contributed by atoms with van der Waals surface area (Å²) >= 11 is 0. The standard InChI is InChI=1S/C85H166O17P2/c1-8-9-10-11-12-13-14-21-31-38-45-52-59-66-82(87)95-72-81(102-85(90)69-62-55-48-41-34-27-26-30-37-44-51-58-65-78(6)7)75-100-104(93,94)98-71-79(86)70-97-103(91,92)99-74-80(101-84(89)68-61-54-47-40-33-25-20-16-18-23-29-36-43-50-57-64-77(4)5)73-96-83(88)67-60-53-46-39-32-24-19-15-17-22-28-35-42-49-56-63-76(2)3/h76-81,86H,8-75H2,1-7H3,(H,91,92)(H,93,94)/t79-,80-,81-/m1/s1. The normalized spacial score (nSPS) is 13.9. The quantitative estimate of drug-likeness (QED) is 0.0222. The largest absolute Gasteiger partial charge is 0.472 e. The molecular formula is C85H166O17P2. The molecule has 0 amide bonds. The van der Waals surface area contributed by atoms with E-state index in [2.05, 4.69) is 48.5 Å². The molecule has 0 bridgehead atoms. The number of rotatable bonds is 83. The maximum Gasteiger partial charge on any atom is 0.472 e. The third kappa shape index (κ3) is 78.2. The van der Waals surface area contributed by atoms with Crippen molar-refractivity contribution in [3.63, 3.8) is 0 Å². The third-order valence-corrected chi connectivity index (χ3v) is 21.8. The summed E-state index contributed by atoms with van der Waals surface area (Å²) in [7, 11) is -9.93. The molecule has 0 saturated heterocycles. The van der Waals surface area contributed by atoms with Crippen molar-refractivity contribution in [3.05, 3.63) is 0 Å². The molecule has 3 N–H and O–H groups in total. The first-order chi connectivity index (χ1) is 50.2. The Morgan fingerprint density at radius 1 is 0.260 bits per heavy atom. The van der Waals surface area contributed by atoms with E-state index in [0.29, 0.717) is 25.7 Å². The van der Waals surface area contributed by atoms with Crippen LogP contribution in [0.5, 0.6) is 0 Å². The lowest BCUT2D eigenvalue weighted by Crippen LogP contribution is -2.30. The van der Waals surface area contributed by atoms with Crippen molar-refractivity contribution in [1.82, 2.24) is 0 Å². The van der Waals surface area contributed by atoms with Crippen LogP contribution in [0.25, 0.3) is 0 Å². The van der Waals surface area contributed by atoms with Gasteiger partial charge in [-0.15, -0.1) is 0 Å². The minimum atomic E-state index is -4.97. The second-order valence-electron chi connectivity index (χ2n) is 32.0. The highest BCUT2D eigenvalue weighted by Crippen LogP contribution is 2.45. The van der Waals surface area contributed by atoms with Crippen LogP contribution in [0, 0.1) is 17.8 Å². The van der Waals surface area contributed by atoms with E-state index >= 15 is 0 Å². The highest BCUT2D eigenvalue weighted by atomic mass is 31.2. The van der Waals surface area contributed by atoms with Crippen LogP contribution in [0.2, 0.25) is 0 Å². The third-order valence-electron chi connectivity index (χ3n) is 19.9. The molecule has 2 unspecified atom stereocenters. The molecule has 0 aliphatic carbocycles. The minimum Gasteiger partial charge on any atom is -0.462 e. The van der Waals surface area contributed by atoms with Crippen molar-refractivity contribution in [2.45, 2.75) is 465 Å². The van der Waals surface area contributed by atoms with Gasteiger partial charge in [-0.05, 0) is 43.4 Å². The Labute approximate surface area is 638 Å². The Morgan fingerprint density at radius 2 is 0.442 bits per heavy atom. The summed E-state index contributed by atoms with van der Waals surface area (Å²) in [6.07, 6.45) is 65.1. The van der Waals surface area contributed by atoms with Crippen LogP contribution in [0.15, 0.2) is 0 Å². The number of esters is 4. The predicted molar refractivity (Wildman–Crippen MR) is 428 cm³/mol. The smallest absolute Gasteiger partial charge is 0.462 e. The number of hydrogen-bond donors (Lipinski definition) is 3. The summed E-state index contributed by atoms with van der Waals surface area (Å²) in [5.74, 6) is 0.283. The van der Waals surface area contributed by atoms with Gasteiger partial charge in [0.25, 0.3) is 0 Å². The Balaban J connectivity index is 5.27. The van der Waals surface area contributed by atoms with Crippen molar-refractivity contribution < 1.29 is 80.2 Å². The summed E-state index contributed by atoms with van der Waals surface area (Å²) in [5, 5.41) is 10.7. The Hall–Kier alpha value is -1.94. The first kappa shape index (κ1) is 102. The highest BCUT2D eigenvalue weighted by Gasteiger charge is 2.30. The molecule has 0 heterocycles. The molecule has 0 radical (unpaired) electrons. The number of carbonyl (C=O) groups is 4. The molecule has 0 aliphatic rings. The van der Waals surface area contributed by atoms with Crippen LogP contribution in [0.3, 0.4) is 0 Å². The van der Waals surface area contributed by atoms with Gasteiger partial charge in [-0.1, -0.05) is 395 Å². The van der Waals surface area contributed by atoms with Gasteiger partial charge in [-0.2, -0.15) is 0 Å². The number of ether oxygens (including phenoxy) is 4. The van der Waals surface area contributed by atoms with Crippen LogP contribution in [-0.4, -0.2) is 96.7 Å². The van der Waals surface area contributed by atoms with E-state index < -0.39 is 97.5 Å². The van der Waals surface area contributed by atoms with Gasteiger partial charge >= 0.3 is 39.5 Å². The predicted octanol–water partition coefficient (Wildman–Crippen LogP) is 25.7. The van der Waals surface area contributed by atoms with Crippen molar-refractivity contribution in [3.8, 4) is 0 Å². The molecule has 0 saturated carbocycles. The molecule has 0 aliphatic heterocycles. The van der Waals surface area contributed by atoms with Crippen LogP contribution in [-0.2, 0) is 65.4 Å². The molecule has 19 heteroatoms. The number of carbonyl (C=O) groups excluding carboxylic acids is 4. The van der Waals surface area contributed by atoms with Crippen LogP contribution >= 0.6 is 15.6 Å². The molecule has 0 rings (SSSR count). The molecule has 618 valence electrons. The monoisotopic (exact) mass is 1520 g/mol. The zero-order chi connectivity index (χ0) is 76.5. The highest BCUT2D eigenvalue weighted by molar-refractivity contribution is 7.47. The molecular weight excluding hydrogens is 1350 g/mol. The molecule has 17 nitrogen and oxygen atoms in total. The Morgan fingerprint density at radius 3 is 0.654 bits per heavy atom. The lowest BCUT2D eigenvalue weighted by Gasteiger charge is -2.21. The van der Waals surface area contributed by atoms with Gasteiger partial charge in [0.15, 0.2) is 12.2 Å². The molecule has 5 atom stereocenters. The van der Waals surface area contributed by atoms with Crippen LogP contribution < -0.4 is 0 Å². The summed E-state index contributed by atoms with van der Waals surface area (Å²) in [5.41, 5.74) is 0. The van der Waals surface area contributed by atoms with Crippen molar-refractivity contribution in [2.24, 2.45) is 17.8 Å². The van der Waals surface area contributed by atoms with E-state index in [-0.39, 0.29) is 25.7 Å². The van der Waals surface area contributed by atoms with Gasteiger partial charge in [-0.25, -0.2) is 9.13 Å². The number of aliphatic hydroxyl groups excluding tert-OH is 1. The van der Waals surface area contributed by atoms with Crippen molar-refractivity contribution in [2.75, 3.05) is 39.6 Å². The Kier molecular flexibility index (Phi) is 73.7. The molecule has 104 heavy (non-hydrogen) atoms. The second-order valence-corrected chi connectivity index (χ2v) is 34.9. The average Bonchev–Trinajstić information content (AvgIpc) is 0.960. The number of phosphoric ester groups is 2. The molecule has 0 fully saturated rings. The topological polar surface area (TPSA) is 237 Å². The van der Waals surface area contributed by atoms with Crippen LogP contribution in [0.1, 0.15) is 447 Å². The fraction of sp³-hybridized carbons (Fsp3) is 0.953. The molecule has 0 aromatic rings. The zero-order valence-corrected chi connectivity index (χ0v) is 70.3. The van der Waals surface area contributed by atoms with Crippen LogP contribution in [0.4, 0.5) is 0 Å². The van der Waals surface area contributed by atoms with Gasteiger partial charge in [0.1, 0.15) is 19.3 Å². The van der Waals surface area contributed by atoms with Gasteiger partial charge in [0.2, 0.25) is 0 Å². The summed E-state index contributed by atoms with van der Waals surface area (Å²) in [6.45, 7) is 12.0. The van der Waals surface area contributed by atoms with Crippen molar-refractivity contribution >= 4 is 39.5 Å². The minimum absolute atomic E-state index is 0.107. The van der Waals surface area contributed by atoms with Crippen molar-refractivity contribution in [1.29, 1.82) is 0 Å². The average molecular weight is 1520 g/mol. The van der Waals surface area contributed by atoms with Gasteiger partial charge < -0.3 is 33.8 Å². The maximum absolute atomic E-state index is 13.1. The van der Waals surface area contributed by atoms with Gasteiger partial charge in [0, 0.05) is 25.7 Å². The second kappa shape index (κ2) is 75.1. The number of hydrogen-bond acceptors (Lipinski definition) is 15. The first-order valence-corrected chi connectivity index (χ1v) is 46.8.